The smallest absolute Gasteiger partial charge is 0.153 e. The van der Waals surface area contributed by atoms with Crippen molar-refractivity contribution in [2.75, 3.05) is 0 Å². The third-order valence-corrected chi connectivity index (χ3v) is 2.02. The first-order chi connectivity index (χ1) is 6.72. The Morgan fingerprint density at radius 2 is 1.71 bits per heavy atom. The Morgan fingerprint density at radius 1 is 1.21 bits per heavy atom. The van der Waals surface area contributed by atoms with E-state index < -0.39 is 0 Å². The quantitative estimate of drug-likeness (QED) is 0.742. The Kier molecular flexibility index (Phi) is 3.40. The molecule has 3 heteroatoms. The van der Waals surface area contributed by atoms with Crippen LogP contribution < -0.4 is 0 Å². The van der Waals surface area contributed by atoms with Crippen molar-refractivity contribution < 1.29 is 14.7 Å². The second kappa shape index (κ2) is 4.56. The largest absolute Gasteiger partial charge is 0.506 e. The normalized spacial score (nSPS) is 9.79. The molecular formula is C11H12O3. The average Bonchev–Trinajstić information content (AvgIpc) is 2.20. The van der Waals surface area contributed by atoms with Gasteiger partial charge in [0.15, 0.2) is 12.6 Å². The molecule has 0 heterocycles. The highest BCUT2D eigenvalue weighted by Gasteiger charge is 2.08. The number of hydrogen-bond donors (Lipinski definition) is 1. The van der Waals surface area contributed by atoms with Gasteiger partial charge >= 0.3 is 0 Å². The summed E-state index contributed by atoms with van der Waals surface area (Å²) in [6.07, 6.45) is 2.84. The highest BCUT2D eigenvalue weighted by atomic mass is 16.3. The molecule has 0 saturated heterocycles. The Bertz CT molecular complexity index is 327. The molecule has 0 aliphatic carbocycles. The van der Waals surface area contributed by atoms with Gasteiger partial charge < -0.3 is 5.11 Å². The molecule has 0 unspecified atom stereocenters. The maximum Gasteiger partial charge on any atom is 0.153 e. The van der Waals surface area contributed by atoms with Gasteiger partial charge in [-0.2, -0.15) is 0 Å². The van der Waals surface area contributed by atoms with Gasteiger partial charge in [0.2, 0.25) is 0 Å². The minimum Gasteiger partial charge on any atom is -0.506 e. The second-order valence-corrected chi connectivity index (χ2v) is 3.11. The standard InChI is InChI=1S/C11H12O3/c1-2-3-8-4-9(6-12)11(14)10(5-8)7-13/h4-7,14H,2-3H2,1H3. The van der Waals surface area contributed by atoms with Crippen molar-refractivity contribution in [2.24, 2.45) is 0 Å². The van der Waals surface area contributed by atoms with E-state index in [4.69, 9.17) is 0 Å². The summed E-state index contributed by atoms with van der Waals surface area (Å²) in [7, 11) is 0. The summed E-state index contributed by atoms with van der Waals surface area (Å²) in [5, 5.41) is 9.42. The lowest BCUT2D eigenvalue weighted by atomic mass is 10.0. The fraction of sp³-hybridized carbons (Fsp3) is 0.273. The van der Waals surface area contributed by atoms with Crippen molar-refractivity contribution in [3.05, 3.63) is 28.8 Å². The summed E-state index contributed by atoms with van der Waals surface area (Å²) in [4.78, 5) is 21.2. The van der Waals surface area contributed by atoms with E-state index in [2.05, 4.69) is 0 Å². The number of aryl methyl sites for hydroxylation is 1. The highest BCUT2D eigenvalue weighted by molar-refractivity contribution is 5.88. The molecule has 74 valence electrons. The Morgan fingerprint density at radius 3 is 2.07 bits per heavy atom. The Hall–Kier alpha value is -1.64. The molecule has 1 aromatic rings. The van der Waals surface area contributed by atoms with Crippen LogP contribution in [0.4, 0.5) is 0 Å². The first-order valence-electron chi connectivity index (χ1n) is 4.49. The SMILES string of the molecule is CCCc1cc(C=O)c(O)c(C=O)c1. The van der Waals surface area contributed by atoms with Gasteiger partial charge in [-0.3, -0.25) is 9.59 Å². The van der Waals surface area contributed by atoms with Crippen molar-refractivity contribution in [1.82, 2.24) is 0 Å². The number of rotatable bonds is 4. The van der Waals surface area contributed by atoms with Gasteiger partial charge in [-0.25, -0.2) is 0 Å². The summed E-state index contributed by atoms with van der Waals surface area (Å²) in [6.45, 7) is 2.01. The van der Waals surface area contributed by atoms with Gasteiger partial charge in [0.05, 0.1) is 11.1 Å². The van der Waals surface area contributed by atoms with Gasteiger partial charge in [-0.1, -0.05) is 13.3 Å². The average molecular weight is 192 g/mol. The summed E-state index contributed by atoms with van der Waals surface area (Å²) in [6, 6.07) is 3.22. The van der Waals surface area contributed by atoms with E-state index in [-0.39, 0.29) is 16.9 Å². The molecule has 0 aliphatic rings. The van der Waals surface area contributed by atoms with Crippen LogP contribution in [-0.2, 0) is 6.42 Å². The molecule has 0 atom stereocenters. The fourth-order valence-electron chi connectivity index (χ4n) is 1.36. The van der Waals surface area contributed by atoms with Crippen molar-refractivity contribution in [2.45, 2.75) is 19.8 Å². The number of benzene rings is 1. The van der Waals surface area contributed by atoms with E-state index in [1.807, 2.05) is 6.92 Å². The highest BCUT2D eigenvalue weighted by Crippen LogP contribution is 2.22. The number of phenolic OH excluding ortho intramolecular Hbond substituents is 1. The summed E-state index contributed by atoms with van der Waals surface area (Å²) in [5.41, 5.74) is 1.26. The minimum absolute atomic E-state index is 0.179. The molecule has 0 aromatic heterocycles. The molecule has 0 saturated carbocycles. The number of aldehydes is 2. The molecule has 0 spiro atoms. The zero-order valence-corrected chi connectivity index (χ0v) is 7.99. The molecule has 3 nitrogen and oxygen atoms in total. The van der Waals surface area contributed by atoms with Crippen LogP contribution in [0.15, 0.2) is 12.1 Å². The van der Waals surface area contributed by atoms with Crippen LogP contribution in [0.1, 0.15) is 39.6 Å². The molecule has 0 aliphatic heterocycles. The predicted octanol–water partition coefficient (Wildman–Crippen LogP) is 1.97. The number of carbonyl (C=O) groups is 2. The maximum absolute atomic E-state index is 10.6. The van der Waals surface area contributed by atoms with Crippen LogP contribution in [0.3, 0.4) is 0 Å². The number of phenols is 1. The van der Waals surface area contributed by atoms with E-state index in [0.717, 1.165) is 18.4 Å². The number of carbonyl (C=O) groups excluding carboxylic acids is 2. The first kappa shape index (κ1) is 10.4. The fourth-order valence-corrected chi connectivity index (χ4v) is 1.36. The minimum atomic E-state index is -0.227. The molecule has 14 heavy (non-hydrogen) atoms. The number of aromatic hydroxyl groups is 1. The first-order valence-corrected chi connectivity index (χ1v) is 4.49. The van der Waals surface area contributed by atoms with Crippen LogP contribution >= 0.6 is 0 Å². The molecule has 1 aromatic carbocycles. The van der Waals surface area contributed by atoms with Crippen LogP contribution in [0.25, 0.3) is 0 Å². The molecule has 1 N–H and O–H groups in total. The van der Waals surface area contributed by atoms with E-state index in [0.29, 0.717) is 12.6 Å². The Balaban J connectivity index is 3.24. The van der Waals surface area contributed by atoms with Crippen molar-refractivity contribution >= 4 is 12.6 Å². The van der Waals surface area contributed by atoms with Crippen molar-refractivity contribution in [3.8, 4) is 5.75 Å². The van der Waals surface area contributed by atoms with Gasteiger partial charge in [0, 0.05) is 0 Å². The zero-order chi connectivity index (χ0) is 10.6. The van der Waals surface area contributed by atoms with Gasteiger partial charge in [-0.05, 0) is 24.1 Å². The summed E-state index contributed by atoms with van der Waals surface area (Å²) < 4.78 is 0. The Labute approximate surface area is 82.4 Å². The molecule has 0 bridgehead atoms. The topological polar surface area (TPSA) is 54.4 Å². The predicted molar refractivity (Wildman–Crippen MR) is 52.9 cm³/mol. The lowest BCUT2D eigenvalue weighted by Gasteiger charge is -2.04. The number of hydrogen-bond acceptors (Lipinski definition) is 3. The van der Waals surface area contributed by atoms with Gasteiger partial charge in [0.1, 0.15) is 5.75 Å². The zero-order valence-electron chi connectivity index (χ0n) is 7.99. The van der Waals surface area contributed by atoms with Crippen LogP contribution in [0, 0.1) is 0 Å². The molecular weight excluding hydrogens is 180 g/mol. The lowest BCUT2D eigenvalue weighted by Crippen LogP contribution is -1.93. The maximum atomic E-state index is 10.6. The molecule has 0 fully saturated rings. The molecule has 0 radical (unpaired) electrons. The third kappa shape index (κ3) is 1.99. The van der Waals surface area contributed by atoms with Crippen LogP contribution in [0.2, 0.25) is 0 Å². The van der Waals surface area contributed by atoms with Crippen LogP contribution in [-0.4, -0.2) is 17.7 Å². The van der Waals surface area contributed by atoms with E-state index in [9.17, 15) is 14.7 Å². The molecule has 0 amide bonds. The lowest BCUT2D eigenvalue weighted by molar-refractivity contribution is 0.112. The van der Waals surface area contributed by atoms with E-state index >= 15 is 0 Å². The summed E-state index contributed by atoms with van der Waals surface area (Å²) in [5.74, 6) is -0.227. The monoisotopic (exact) mass is 192 g/mol. The van der Waals surface area contributed by atoms with E-state index in [1.54, 1.807) is 12.1 Å². The van der Waals surface area contributed by atoms with Crippen molar-refractivity contribution in [3.63, 3.8) is 0 Å². The van der Waals surface area contributed by atoms with Crippen molar-refractivity contribution in [1.29, 1.82) is 0 Å². The second-order valence-electron chi connectivity index (χ2n) is 3.11. The van der Waals surface area contributed by atoms with Crippen LogP contribution in [0.5, 0.6) is 5.75 Å². The summed E-state index contributed by atoms with van der Waals surface area (Å²) >= 11 is 0. The third-order valence-electron chi connectivity index (χ3n) is 2.02. The molecule has 1 rings (SSSR count). The van der Waals surface area contributed by atoms with Gasteiger partial charge in [0.25, 0.3) is 0 Å². The van der Waals surface area contributed by atoms with Gasteiger partial charge in [-0.15, -0.1) is 0 Å². The van der Waals surface area contributed by atoms with E-state index in [1.165, 1.54) is 0 Å².